The van der Waals surface area contributed by atoms with Gasteiger partial charge in [-0.05, 0) is 63.2 Å². The molecular formula is C21H16BrCl2N3O4S. The Kier molecular flexibility index (Phi) is 8.52. The number of hydrogen-bond acceptors (Lipinski definition) is 5. The molecule has 11 heteroatoms. The lowest BCUT2D eigenvalue weighted by atomic mass is 10.1. The van der Waals surface area contributed by atoms with E-state index in [1.807, 2.05) is 30.3 Å². The zero-order chi connectivity index (χ0) is 23.1. The molecule has 0 unspecified atom stereocenters. The maximum absolute atomic E-state index is 12.1. The summed E-state index contributed by atoms with van der Waals surface area (Å²) in [6.45, 7) is -0.602. The van der Waals surface area contributed by atoms with Gasteiger partial charge in [0, 0.05) is 5.02 Å². The lowest BCUT2D eigenvalue weighted by Gasteiger charge is -2.13. The van der Waals surface area contributed by atoms with E-state index in [4.69, 9.17) is 44.9 Å². The second-order valence-corrected chi connectivity index (χ2v) is 8.35. The second kappa shape index (κ2) is 11.3. The number of carbonyl (C=O) groups excluding carboxylic acids is 2. The number of carbonyl (C=O) groups is 2. The minimum atomic E-state index is -0.538. The van der Waals surface area contributed by atoms with Crippen LogP contribution in [-0.4, -0.2) is 30.1 Å². The standard InChI is InChI=1S/C21H16BrCl2N3O4S/c22-20-14-4-2-1-3-12(14)5-7-17(20)31-10-18(28)25-21(32)27-26-19(29)11-30-16-8-6-13(23)9-15(16)24/h1-9H,10-11H2,(H,26,29)(H2,25,27,28,32). The van der Waals surface area contributed by atoms with E-state index in [0.717, 1.165) is 15.2 Å². The van der Waals surface area contributed by atoms with Gasteiger partial charge in [0.1, 0.15) is 11.5 Å². The normalized spacial score (nSPS) is 10.3. The van der Waals surface area contributed by atoms with E-state index in [1.54, 1.807) is 18.2 Å². The Bertz CT molecular complexity index is 1180. The Hall–Kier alpha value is -2.59. The van der Waals surface area contributed by atoms with Crippen LogP contribution in [0.2, 0.25) is 10.0 Å². The van der Waals surface area contributed by atoms with Crippen LogP contribution in [0.5, 0.6) is 11.5 Å². The number of amides is 2. The SMILES string of the molecule is O=C(COc1ccc(Cl)cc1Cl)NNC(=S)NC(=O)COc1ccc2ccccc2c1Br. The van der Waals surface area contributed by atoms with E-state index in [-0.39, 0.29) is 23.3 Å². The van der Waals surface area contributed by atoms with Crippen molar-refractivity contribution >= 4 is 79.0 Å². The zero-order valence-corrected chi connectivity index (χ0v) is 20.2. The van der Waals surface area contributed by atoms with E-state index in [1.165, 1.54) is 6.07 Å². The smallest absolute Gasteiger partial charge is 0.276 e. The predicted octanol–water partition coefficient (Wildman–Crippen LogP) is 4.39. The van der Waals surface area contributed by atoms with Gasteiger partial charge in [0.25, 0.3) is 11.8 Å². The summed E-state index contributed by atoms with van der Waals surface area (Å²) in [6.07, 6.45) is 0. The molecule has 0 fully saturated rings. The molecule has 0 bridgehead atoms. The first-order valence-corrected chi connectivity index (χ1v) is 11.1. The summed E-state index contributed by atoms with van der Waals surface area (Å²) in [5.41, 5.74) is 4.71. The van der Waals surface area contributed by atoms with Crippen LogP contribution in [0.3, 0.4) is 0 Å². The van der Waals surface area contributed by atoms with Gasteiger partial charge in [-0.3, -0.25) is 25.8 Å². The van der Waals surface area contributed by atoms with Crippen molar-refractivity contribution in [2.24, 2.45) is 0 Å². The third kappa shape index (κ3) is 6.70. The zero-order valence-electron chi connectivity index (χ0n) is 16.3. The highest BCUT2D eigenvalue weighted by Crippen LogP contribution is 2.33. The van der Waals surface area contributed by atoms with E-state index in [0.29, 0.717) is 16.5 Å². The molecule has 0 saturated carbocycles. The Morgan fingerprint density at radius 3 is 2.38 bits per heavy atom. The molecule has 3 aromatic rings. The van der Waals surface area contributed by atoms with E-state index in [9.17, 15) is 9.59 Å². The molecule has 166 valence electrons. The summed E-state index contributed by atoms with van der Waals surface area (Å²) in [5, 5.41) is 5.03. The summed E-state index contributed by atoms with van der Waals surface area (Å²) in [5.74, 6) is -0.215. The highest BCUT2D eigenvalue weighted by Gasteiger charge is 2.11. The molecule has 0 radical (unpaired) electrons. The minimum Gasteiger partial charge on any atom is -0.483 e. The number of ether oxygens (including phenoxy) is 2. The molecule has 0 aliphatic carbocycles. The molecule has 32 heavy (non-hydrogen) atoms. The number of benzene rings is 3. The van der Waals surface area contributed by atoms with Crippen molar-refractivity contribution in [1.82, 2.24) is 16.2 Å². The molecular weight excluding hydrogens is 541 g/mol. The molecule has 0 aliphatic rings. The van der Waals surface area contributed by atoms with Crippen molar-refractivity contribution in [3.8, 4) is 11.5 Å². The van der Waals surface area contributed by atoms with Crippen molar-refractivity contribution in [2.75, 3.05) is 13.2 Å². The fourth-order valence-electron chi connectivity index (χ4n) is 2.56. The van der Waals surface area contributed by atoms with Gasteiger partial charge in [-0.25, -0.2) is 0 Å². The second-order valence-electron chi connectivity index (χ2n) is 6.30. The molecule has 7 nitrogen and oxygen atoms in total. The van der Waals surface area contributed by atoms with Gasteiger partial charge in [-0.2, -0.15) is 0 Å². The quantitative estimate of drug-likeness (QED) is 0.308. The minimum absolute atomic E-state index is 0.103. The average molecular weight is 557 g/mol. The lowest BCUT2D eigenvalue weighted by molar-refractivity contribution is -0.124. The van der Waals surface area contributed by atoms with Gasteiger partial charge in [0.2, 0.25) is 0 Å². The van der Waals surface area contributed by atoms with Crippen LogP contribution in [0.25, 0.3) is 10.8 Å². The van der Waals surface area contributed by atoms with E-state index in [2.05, 4.69) is 32.1 Å². The van der Waals surface area contributed by atoms with Crippen molar-refractivity contribution in [3.05, 3.63) is 69.1 Å². The third-order valence-electron chi connectivity index (χ3n) is 4.01. The molecule has 2 amide bonds. The number of fused-ring (bicyclic) bond motifs is 1. The average Bonchev–Trinajstić information content (AvgIpc) is 2.77. The van der Waals surface area contributed by atoms with Crippen LogP contribution in [0.1, 0.15) is 0 Å². The van der Waals surface area contributed by atoms with Gasteiger partial charge in [0.15, 0.2) is 18.3 Å². The first kappa shape index (κ1) is 24.1. The van der Waals surface area contributed by atoms with Crippen molar-refractivity contribution in [1.29, 1.82) is 0 Å². The first-order chi connectivity index (χ1) is 15.3. The van der Waals surface area contributed by atoms with Crippen LogP contribution in [0.4, 0.5) is 0 Å². The lowest BCUT2D eigenvalue weighted by Crippen LogP contribution is -2.50. The predicted molar refractivity (Wildman–Crippen MR) is 131 cm³/mol. The van der Waals surface area contributed by atoms with Gasteiger partial charge in [0.05, 0.1) is 9.50 Å². The molecule has 3 aromatic carbocycles. The molecule has 0 aromatic heterocycles. The highest BCUT2D eigenvalue weighted by atomic mass is 79.9. The summed E-state index contributed by atoms with van der Waals surface area (Å²) in [6, 6.07) is 16.1. The number of hydrazine groups is 1. The van der Waals surface area contributed by atoms with Crippen molar-refractivity contribution in [2.45, 2.75) is 0 Å². The molecule has 0 heterocycles. The van der Waals surface area contributed by atoms with Gasteiger partial charge in [-0.15, -0.1) is 0 Å². The van der Waals surface area contributed by atoms with Crippen LogP contribution < -0.4 is 25.6 Å². The maximum Gasteiger partial charge on any atom is 0.276 e. The molecule has 0 spiro atoms. The van der Waals surface area contributed by atoms with Gasteiger partial charge >= 0.3 is 0 Å². The molecule has 3 N–H and O–H groups in total. The van der Waals surface area contributed by atoms with Gasteiger partial charge < -0.3 is 9.47 Å². The number of thiocarbonyl (C=S) groups is 1. The third-order valence-corrected chi connectivity index (χ3v) is 5.56. The fraction of sp³-hybridized carbons (Fsp3) is 0.0952. The number of rotatable bonds is 6. The summed E-state index contributed by atoms with van der Waals surface area (Å²) in [7, 11) is 0. The largest absolute Gasteiger partial charge is 0.483 e. The van der Waals surface area contributed by atoms with E-state index < -0.39 is 11.8 Å². The molecule has 3 rings (SSSR count). The molecule has 0 atom stereocenters. The van der Waals surface area contributed by atoms with Crippen LogP contribution in [-0.2, 0) is 9.59 Å². The highest BCUT2D eigenvalue weighted by molar-refractivity contribution is 9.10. The van der Waals surface area contributed by atoms with Crippen LogP contribution >= 0.6 is 51.3 Å². The topological polar surface area (TPSA) is 88.7 Å². The van der Waals surface area contributed by atoms with Crippen molar-refractivity contribution < 1.29 is 19.1 Å². The summed E-state index contributed by atoms with van der Waals surface area (Å²) < 4.78 is 11.6. The first-order valence-electron chi connectivity index (χ1n) is 9.10. The summed E-state index contributed by atoms with van der Waals surface area (Å²) >= 11 is 20.3. The Labute approximate surface area is 207 Å². The number of nitrogens with one attached hydrogen (secondary N) is 3. The fourth-order valence-corrected chi connectivity index (χ4v) is 3.80. The number of hydrogen-bond donors (Lipinski definition) is 3. The van der Waals surface area contributed by atoms with Crippen molar-refractivity contribution in [3.63, 3.8) is 0 Å². The maximum atomic E-state index is 12.1. The number of halogens is 3. The monoisotopic (exact) mass is 555 g/mol. The van der Waals surface area contributed by atoms with Gasteiger partial charge in [-0.1, -0.05) is 53.5 Å². The molecule has 0 aliphatic heterocycles. The summed E-state index contributed by atoms with van der Waals surface area (Å²) in [4.78, 5) is 24.0. The Morgan fingerprint density at radius 2 is 1.59 bits per heavy atom. The van der Waals surface area contributed by atoms with Crippen LogP contribution in [0, 0.1) is 0 Å². The van der Waals surface area contributed by atoms with E-state index >= 15 is 0 Å². The molecule has 0 saturated heterocycles. The van der Waals surface area contributed by atoms with Crippen LogP contribution in [0.15, 0.2) is 59.1 Å². The Balaban J connectivity index is 1.40. The Morgan fingerprint density at radius 1 is 0.906 bits per heavy atom.